The minimum absolute atomic E-state index is 0.265. The molecule has 2 aliphatic rings. The van der Waals surface area contributed by atoms with Crippen molar-refractivity contribution in [2.45, 2.75) is 19.3 Å². The maximum atomic E-state index is 11.3. The van der Waals surface area contributed by atoms with Crippen LogP contribution in [0.5, 0.6) is 0 Å². The molecule has 12 heavy (non-hydrogen) atoms. The highest BCUT2D eigenvalue weighted by Crippen LogP contribution is 2.20. The lowest BCUT2D eigenvalue weighted by molar-refractivity contribution is -0.125. The second kappa shape index (κ2) is 3.13. The predicted octanol–water partition coefficient (Wildman–Crippen LogP) is 1.66. The van der Waals surface area contributed by atoms with Crippen LogP contribution in [0, 0.1) is 6.42 Å². The Balaban J connectivity index is 2.13. The van der Waals surface area contributed by atoms with Gasteiger partial charge in [0, 0.05) is 18.7 Å². The van der Waals surface area contributed by atoms with Gasteiger partial charge in [0.25, 0.3) is 0 Å². The normalized spacial score (nSPS) is 23.2. The standard InChI is InChI=1S/C10H12NO/c12-10-7-4-8-11(10)9-5-2-1-3-6-9/h2-3,5-6H,1,4,7-8H2. The van der Waals surface area contributed by atoms with Gasteiger partial charge in [-0.1, -0.05) is 12.2 Å². The number of likely N-dealkylation sites (tertiary alicyclic amines) is 1. The Kier molecular flexibility index (Phi) is 1.98. The van der Waals surface area contributed by atoms with Gasteiger partial charge in [-0.25, -0.2) is 0 Å². The van der Waals surface area contributed by atoms with E-state index in [0.29, 0.717) is 6.42 Å². The van der Waals surface area contributed by atoms with Crippen LogP contribution in [0.25, 0.3) is 0 Å². The fraction of sp³-hybridized carbons (Fsp3) is 0.400. The molecule has 63 valence electrons. The third kappa shape index (κ3) is 1.29. The van der Waals surface area contributed by atoms with Crippen LogP contribution in [0.2, 0.25) is 0 Å². The molecular formula is C10H12NO. The molecule has 1 amide bonds. The van der Waals surface area contributed by atoms with Crippen molar-refractivity contribution in [3.05, 3.63) is 30.3 Å². The molecule has 0 aromatic rings. The van der Waals surface area contributed by atoms with Gasteiger partial charge in [-0.3, -0.25) is 4.79 Å². The van der Waals surface area contributed by atoms with Gasteiger partial charge in [0.1, 0.15) is 0 Å². The molecular weight excluding hydrogens is 150 g/mol. The molecule has 0 saturated carbocycles. The number of rotatable bonds is 1. The molecule has 0 spiro atoms. The summed E-state index contributed by atoms with van der Waals surface area (Å²) in [6.45, 7) is 0.892. The number of nitrogens with zero attached hydrogens (tertiary/aromatic N) is 1. The predicted molar refractivity (Wildman–Crippen MR) is 47.1 cm³/mol. The van der Waals surface area contributed by atoms with Gasteiger partial charge in [-0.2, -0.15) is 0 Å². The van der Waals surface area contributed by atoms with E-state index in [9.17, 15) is 4.79 Å². The lowest BCUT2D eigenvalue weighted by Crippen LogP contribution is -2.23. The van der Waals surface area contributed by atoms with Crippen molar-refractivity contribution in [2.75, 3.05) is 6.54 Å². The van der Waals surface area contributed by atoms with Gasteiger partial charge in [0.05, 0.1) is 0 Å². The van der Waals surface area contributed by atoms with E-state index in [-0.39, 0.29) is 5.91 Å². The molecule has 2 heteroatoms. The van der Waals surface area contributed by atoms with Crippen molar-refractivity contribution < 1.29 is 4.79 Å². The van der Waals surface area contributed by atoms with Crippen LogP contribution in [-0.2, 0) is 4.79 Å². The molecule has 1 heterocycles. The molecule has 0 aromatic carbocycles. The lowest BCUT2D eigenvalue weighted by Gasteiger charge is -2.18. The van der Waals surface area contributed by atoms with Gasteiger partial charge in [0.15, 0.2) is 0 Å². The third-order valence-electron chi connectivity index (χ3n) is 2.23. The van der Waals surface area contributed by atoms with Crippen LogP contribution >= 0.6 is 0 Å². The molecule has 0 bridgehead atoms. The maximum Gasteiger partial charge on any atom is 0.227 e. The van der Waals surface area contributed by atoms with Crippen molar-refractivity contribution in [3.63, 3.8) is 0 Å². The first-order valence-corrected chi connectivity index (χ1v) is 4.38. The van der Waals surface area contributed by atoms with Gasteiger partial charge in [0.2, 0.25) is 5.91 Å². The molecule has 0 aromatic heterocycles. The molecule has 2 nitrogen and oxygen atoms in total. The van der Waals surface area contributed by atoms with E-state index in [0.717, 1.165) is 25.1 Å². The van der Waals surface area contributed by atoms with Crippen LogP contribution in [-0.4, -0.2) is 17.4 Å². The van der Waals surface area contributed by atoms with Crippen LogP contribution in [0.4, 0.5) is 0 Å². The first kappa shape index (κ1) is 7.59. The number of hydrogen-bond acceptors (Lipinski definition) is 1. The fourth-order valence-corrected chi connectivity index (χ4v) is 1.61. The molecule has 1 radical (unpaired) electrons. The molecule has 2 rings (SSSR count). The number of amides is 1. The number of carbonyl (C=O) groups is 1. The summed E-state index contributed by atoms with van der Waals surface area (Å²) < 4.78 is 0. The average Bonchev–Trinajstić information content (AvgIpc) is 2.53. The highest BCUT2D eigenvalue weighted by molar-refractivity contribution is 5.80. The summed E-state index contributed by atoms with van der Waals surface area (Å²) in [6, 6.07) is 0. The summed E-state index contributed by atoms with van der Waals surface area (Å²) in [7, 11) is 0. The topological polar surface area (TPSA) is 20.3 Å². The van der Waals surface area contributed by atoms with Gasteiger partial charge in [-0.15, -0.1) is 0 Å². The zero-order valence-corrected chi connectivity index (χ0v) is 6.99. The first-order chi connectivity index (χ1) is 5.88. The monoisotopic (exact) mass is 162 g/mol. The molecule has 0 unspecified atom stereocenters. The third-order valence-corrected chi connectivity index (χ3v) is 2.23. The van der Waals surface area contributed by atoms with Crippen LogP contribution in [0.15, 0.2) is 23.9 Å². The van der Waals surface area contributed by atoms with Crippen LogP contribution < -0.4 is 0 Å². The quantitative estimate of drug-likeness (QED) is 0.574. The summed E-state index contributed by atoms with van der Waals surface area (Å²) in [5.74, 6) is 0.265. The zero-order valence-electron chi connectivity index (χ0n) is 6.99. The Morgan fingerprint density at radius 1 is 1.42 bits per heavy atom. The number of carbonyl (C=O) groups excluding carboxylic acids is 1. The van der Waals surface area contributed by atoms with Crippen molar-refractivity contribution in [1.29, 1.82) is 0 Å². The zero-order chi connectivity index (χ0) is 8.39. The lowest BCUT2D eigenvalue weighted by atomic mass is 10.1. The van der Waals surface area contributed by atoms with E-state index >= 15 is 0 Å². The highest BCUT2D eigenvalue weighted by atomic mass is 16.2. The van der Waals surface area contributed by atoms with Crippen molar-refractivity contribution in [1.82, 2.24) is 4.90 Å². The fourth-order valence-electron chi connectivity index (χ4n) is 1.61. The summed E-state index contributed by atoms with van der Waals surface area (Å²) >= 11 is 0. The van der Waals surface area contributed by atoms with Gasteiger partial charge in [-0.05, 0) is 25.3 Å². The van der Waals surface area contributed by atoms with E-state index in [4.69, 9.17) is 0 Å². The Morgan fingerprint density at radius 3 is 2.92 bits per heavy atom. The van der Waals surface area contributed by atoms with E-state index in [1.54, 1.807) is 0 Å². The van der Waals surface area contributed by atoms with E-state index in [2.05, 4.69) is 12.5 Å². The minimum atomic E-state index is 0.265. The van der Waals surface area contributed by atoms with E-state index < -0.39 is 0 Å². The summed E-state index contributed by atoms with van der Waals surface area (Å²) in [6.07, 6.45) is 10.9. The van der Waals surface area contributed by atoms with Crippen molar-refractivity contribution in [2.24, 2.45) is 0 Å². The van der Waals surface area contributed by atoms with Crippen molar-refractivity contribution in [3.8, 4) is 0 Å². The molecule has 1 aliphatic carbocycles. The van der Waals surface area contributed by atoms with Crippen molar-refractivity contribution >= 4 is 5.91 Å². The Hall–Kier alpha value is -1.05. The maximum absolute atomic E-state index is 11.3. The molecule has 1 aliphatic heterocycles. The summed E-state index contributed by atoms with van der Waals surface area (Å²) in [5, 5.41) is 0. The SMILES string of the molecule is O=C1CCCN1C1=C[CH]CC=C1. The first-order valence-electron chi connectivity index (χ1n) is 4.38. The van der Waals surface area contributed by atoms with E-state index in [1.165, 1.54) is 0 Å². The largest absolute Gasteiger partial charge is 0.313 e. The van der Waals surface area contributed by atoms with Gasteiger partial charge >= 0.3 is 0 Å². The van der Waals surface area contributed by atoms with E-state index in [1.807, 2.05) is 17.1 Å². The molecule has 0 atom stereocenters. The van der Waals surface area contributed by atoms with Crippen LogP contribution in [0.1, 0.15) is 19.3 Å². The minimum Gasteiger partial charge on any atom is -0.313 e. The second-order valence-electron chi connectivity index (χ2n) is 3.11. The second-order valence-corrected chi connectivity index (χ2v) is 3.11. The Labute approximate surface area is 72.6 Å². The summed E-state index contributed by atoms with van der Waals surface area (Å²) in [4.78, 5) is 13.2. The molecule has 0 N–H and O–H groups in total. The molecule has 1 fully saturated rings. The Bertz CT molecular complexity index is 253. The smallest absolute Gasteiger partial charge is 0.227 e. The average molecular weight is 162 g/mol. The summed E-state index contributed by atoms with van der Waals surface area (Å²) in [5.41, 5.74) is 1.06. The van der Waals surface area contributed by atoms with Gasteiger partial charge < -0.3 is 4.90 Å². The Morgan fingerprint density at radius 2 is 2.33 bits per heavy atom. The van der Waals surface area contributed by atoms with Crippen LogP contribution in [0.3, 0.4) is 0 Å². The number of hydrogen-bond donors (Lipinski definition) is 0. The molecule has 1 saturated heterocycles. The number of allylic oxidation sites excluding steroid dienone is 3. The highest BCUT2D eigenvalue weighted by Gasteiger charge is 2.22.